The molecule has 0 radical (unpaired) electrons. The molecule has 2 aromatic carbocycles. The van der Waals surface area contributed by atoms with E-state index in [1.165, 1.54) is 31.2 Å². The number of amides is 1. The lowest BCUT2D eigenvalue weighted by Gasteiger charge is -2.12. The van der Waals surface area contributed by atoms with Crippen molar-refractivity contribution in [1.29, 1.82) is 0 Å². The van der Waals surface area contributed by atoms with E-state index in [4.69, 9.17) is 4.74 Å². The van der Waals surface area contributed by atoms with Crippen LogP contribution in [0, 0.1) is 10.1 Å². The standard InChI is InChI=1S/C26H21N5O5/c1-18(26(33)28-22-11-5-6-12-23(22)31(34)35)36-24(32)14-13-20-17-30(21-9-3-2-4-10-21)29-25(20)19-8-7-15-27-16-19/h2-18H,1H3,(H,28,33)/b14-13+. The van der Waals surface area contributed by atoms with Gasteiger partial charge in [0.25, 0.3) is 11.6 Å². The van der Waals surface area contributed by atoms with Crippen LogP contribution in [0.3, 0.4) is 0 Å². The highest BCUT2D eigenvalue weighted by Crippen LogP contribution is 2.25. The number of benzene rings is 2. The summed E-state index contributed by atoms with van der Waals surface area (Å²) in [5, 5.41) is 18.2. The Labute approximate surface area is 206 Å². The Kier molecular flexibility index (Phi) is 7.25. The molecular weight excluding hydrogens is 462 g/mol. The van der Waals surface area contributed by atoms with E-state index in [1.54, 1.807) is 41.5 Å². The van der Waals surface area contributed by atoms with E-state index in [1.807, 2.05) is 36.4 Å². The van der Waals surface area contributed by atoms with Crippen LogP contribution in [-0.4, -0.2) is 37.7 Å². The van der Waals surface area contributed by atoms with Gasteiger partial charge in [-0.25, -0.2) is 9.48 Å². The van der Waals surface area contributed by atoms with Crippen molar-refractivity contribution < 1.29 is 19.2 Å². The molecule has 10 heteroatoms. The number of esters is 1. The van der Waals surface area contributed by atoms with Crippen molar-refractivity contribution in [2.45, 2.75) is 13.0 Å². The number of carbonyl (C=O) groups is 2. The number of para-hydroxylation sites is 3. The number of pyridine rings is 1. The van der Waals surface area contributed by atoms with Crippen LogP contribution >= 0.6 is 0 Å². The predicted octanol–water partition coefficient (Wildman–Crippen LogP) is 4.43. The molecule has 0 spiro atoms. The van der Waals surface area contributed by atoms with Gasteiger partial charge in [-0.3, -0.25) is 19.9 Å². The zero-order valence-electron chi connectivity index (χ0n) is 19.1. The molecule has 0 bridgehead atoms. The molecule has 0 fully saturated rings. The third kappa shape index (κ3) is 5.68. The highest BCUT2D eigenvalue weighted by Gasteiger charge is 2.21. The van der Waals surface area contributed by atoms with Gasteiger partial charge in [-0.1, -0.05) is 30.3 Å². The first kappa shape index (κ1) is 24.0. The van der Waals surface area contributed by atoms with Gasteiger partial charge in [0, 0.05) is 41.9 Å². The van der Waals surface area contributed by atoms with Gasteiger partial charge >= 0.3 is 5.97 Å². The SMILES string of the molecule is CC(OC(=O)/C=C/c1cn(-c2ccccc2)nc1-c1cccnc1)C(=O)Nc1ccccc1[N+](=O)[O-]. The fourth-order valence-corrected chi connectivity index (χ4v) is 3.35. The summed E-state index contributed by atoms with van der Waals surface area (Å²) in [5.74, 6) is -1.45. The first-order valence-corrected chi connectivity index (χ1v) is 10.9. The molecule has 36 heavy (non-hydrogen) atoms. The monoisotopic (exact) mass is 483 g/mol. The maximum absolute atomic E-state index is 12.4. The van der Waals surface area contributed by atoms with Crippen LogP contribution in [0.4, 0.5) is 11.4 Å². The fourth-order valence-electron chi connectivity index (χ4n) is 3.35. The van der Waals surface area contributed by atoms with Crippen molar-refractivity contribution >= 4 is 29.3 Å². The largest absolute Gasteiger partial charge is 0.449 e. The molecule has 2 aromatic heterocycles. The van der Waals surface area contributed by atoms with Crippen LogP contribution < -0.4 is 5.32 Å². The van der Waals surface area contributed by atoms with Crippen molar-refractivity contribution in [2.24, 2.45) is 0 Å². The molecule has 4 aromatic rings. The number of ether oxygens (including phenoxy) is 1. The minimum absolute atomic E-state index is 0.0142. The molecule has 0 saturated carbocycles. The Hall–Kier alpha value is -5.12. The normalized spacial score (nSPS) is 11.7. The van der Waals surface area contributed by atoms with Crippen molar-refractivity contribution in [3.05, 3.63) is 107 Å². The molecule has 0 aliphatic carbocycles. The van der Waals surface area contributed by atoms with E-state index in [2.05, 4.69) is 15.4 Å². The van der Waals surface area contributed by atoms with Crippen molar-refractivity contribution in [3.63, 3.8) is 0 Å². The molecule has 180 valence electrons. The third-order valence-corrected chi connectivity index (χ3v) is 5.12. The quantitative estimate of drug-likeness (QED) is 0.170. The van der Waals surface area contributed by atoms with Crippen LogP contribution in [0.25, 0.3) is 23.0 Å². The maximum Gasteiger partial charge on any atom is 0.331 e. The van der Waals surface area contributed by atoms with E-state index in [9.17, 15) is 19.7 Å². The van der Waals surface area contributed by atoms with E-state index < -0.39 is 22.9 Å². The molecule has 1 N–H and O–H groups in total. The molecule has 10 nitrogen and oxygen atoms in total. The molecule has 1 unspecified atom stereocenters. The average molecular weight is 483 g/mol. The highest BCUT2D eigenvalue weighted by atomic mass is 16.6. The van der Waals surface area contributed by atoms with E-state index in [-0.39, 0.29) is 11.4 Å². The van der Waals surface area contributed by atoms with Crippen LogP contribution in [-0.2, 0) is 14.3 Å². The van der Waals surface area contributed by atoms with Crippen molar-refractivity contribution in [3.8, 4) is 16.9 Å². The summed E-state index contributed by atoms with van der Waals surface area (Å²) in [4.78, 5) is 39.6. The number of hydrogen-bond acceptors (Lipinski definition) is 7. The molecule has 2 heterocycles. The lowest BCUT2D eigenvalue weighted by atomic mass is 10.1. The van der Waals surface area contributed by atoms with Gasteiger partial charge in [0.15, 0.2) is 6.10 Å². The van der Waals surface area contributed by atoms with Crippen LogP contribution in [0.2, 0.25) is 0 Å². The van der Waals surface area contributed by atoms with Crippen LogP contribution in [0.5, 0.6) is 0 Å². The molecular formula is C26H21N5O5. The Bertz CT molecular complexity index is 1420. The summed E-state index contributed by atoms with van der Waals surface area (Å²) in [6, 6.07) is 18.8. The average Bonchev–Trinajstić information content (AvgIpc) is 3.33. The minimum Gasteiger partial charge on any atom is -0.449 e. The number of hydrogen-bond donors (Lipinski definition) is 1. The fraction of sp³-hybridized carbons (Fsp3) is 0.0769. The Morgan fingerprint density at radius 3 is 2.56 bits per heavy atom. The van der Waals surface area contributed by atoms with Crippen molar-refractivity contribution in [1.82, 2.24) is 14.8 Å². The third-order valence-electron chi connectivity index (χ3n) is 5.12. The Morgan fingerprint density at radius 1 is 1.08 bits per heavy atom. The van der Waals surface area contributed by atoms with E-state index >= 15 is 0 Å². The predicted molar refractivity (Wildman–Crippen MR) is 133 cm³/mol. The zero-order chi connectivity index (χ0) is 25.5. The Balaban J connectivity index is 1.49. The zero-order valence-corrected chi connectivity index (χ0v) is 19.1. The number of anilines is 1. The summed E-state index contributed by atoms with van der Waals surface area (Å²) >= 11 is 0. The summed E-state index contributed by atoms with van der Waals surface area (Å²) < 4.78 is 6.89. The first-order valence-electron chi connectivity index (χ1n) is 10.9. The summed E-state index contributed by atoms with van der Waals surface area (Å²) in [5.41, 5.74) is 2.60. The lowest BCUT2D eigenvalue weighted by Crippen LogP contribution is -2.29. The molecule has 1 amide bonds. The van der Waals surface area contributed by atoms with Crippen LogP contribution in [0.1, 0.15) is 12.5 Å². The van der Waals surface area contributed by atoms with Gasteiger partial charge < -0.3 is 10.1 Å². The molecule has 1 atom stereocenters. The molecule has 0 aliphatic rings. The highest BCUT2D eigenvalue weighted by molar-refractivity contribution is 5.98. The molecule has 0 aliphatic heterocycles. The number of nitro groups is 1. The van der Waals surface area contributed by atoms with E-state index in [0.717, 1.165) is 11.3 Å². The molecule has 4 rings (SSSR count). The summed E-state index contributed by atoms with van der Waals surface area (Å²) in [6.07, 6.45) is 6.65. The Morgan fingerprint density at radius 2 is 1.83 bits per heavy atom. The maximum atomic E-state index is 12.4. The van der Waals surface area contributed by atoms with Gasteiger partial charge in [0.2, 0.25) is 0 Å². The number of nitro benzene ring substituents is 1. The van der Waals surface area contributed by atoms with Gasteiger partial charge in [0.05, 0.1) is 10.6 Å². The summed E-state index contributed by atoms with van der Waals surface area (Å²) in [7, 11) is 0. The number of carbonyl (C=O) groups excluding carboxylic acids is 2. The van der Waals surface area contributed by atoms with Gasteiger partial charge in [0.1, 0.15) is 11.4 Å². The first-order chi connectivity index (χ1) is 17.4. The number of rotatable bonds is 8. The second-order valence-corrected chi connectivity index (χ2v) is 7.63. The van der Waals surface area contributed by atoms with Gasteiger partial charge in [-0.15, -0.1) is 0 Å². The number of nitrogens with one attached hydrogen (secondary N) is 1. The smallest absolute Gasteiger partial charge is 0.331 e. The minimum atomic E-state index is -1.19. The van der Waals surface area contributed by atoms with E-state index in [0.29, 0.717) is 11.3 Å². The summed E-state index contributed by atoms with van der Waals surface area (Å²) in [6.45, 7) is 1.38. The van der Waals surface area contributed by atoms with Crippen LogP contribution in [0.15, 0.2) is 91.4 Å². The number of aromatic nitrogens is 3. The van der Waals surface area contributed by atoms with Gasteiger partial charge in [-0.2, -0.15) is 5.10 Å². The topological polar surface area (TPSA) is 129 Å². The number of nitrogens with zero attached hydrogens (tertiary/aromatic N) is 4. The van der Waals surface area contributed by atoms with Gasteiger partial charge in [-0.05, 0) is 43.3 Å². The lowest BCUT2D eigenvalue weighted by molar-refractivity contribution is -0.383. The second kappa shape index (κ2) is 10.9. The van der Waals surface area contributed by atoms with Crippen molar-refractivity contribution in [2.75, 3.05) is 5.32 Å². The second-order valence-electron chi connectivity index (χ2n) is 7.63. The molecule has 0 saturated heterocycles.